The van der Waals surface area contributed by atoms with Gasteiger partial charge in [-0.3, -0.25) is 4.79 Å². The van der Waals surface area contributed by atoms with E-state index in [1.807, 2.05) is 18.2 Å². The molecule has 156 valence electrons. The Kier molecular flexibility index (Phi) is 5.05. The van der Waals surface area contributed by atoms with Gasteiger partial charge in [0.1, 0.15) is 18.0 Å². The Morgan fingerprint density at radius 1 is 0.903 bits per heavy atom. The van der Waals surface area contributed by atoms with Crippen LogP contribution in [0.5, 0.6) is 0 Å². The van der Waals surface area contributed by atoms with Crippen molar-refractivity contribution in [3.63, 3.8) is 0 Å². The Balaban J connectivity index is 1.23. The molecule has 1 amide bonds. The Morgan fingerprint density at radius 2 is 1.71 bits per heavy atom. The molecule has 1 aromatic carbocycles. The molecule has 0 unspecified atom stereocenters. The summed E-state index contributed by atoms with van der Waals surface area (Å²) in [6.07, 6.45) is 2.98. The maximum atomic E-state index is 12.5. The summed E-state index contributed by atoms with van der Waals surface area (Å²) in [6, 6.07) is 17.1. The first kappa shape index (κ1) is 18.9. The molecule has 0 bridgehead atoms. The van der Waals surface area contributed by atoms with Gasteiger partial charge in [-0.2, -0.15) is 0 Å². The van der Waals surface area contributed by atoms with Crippen LogP contribution in [0.2, 0.25) is 0 Å². The molecule has 9 nitrogen and oxygen atoms in total. The van der Waals surface area contributed by atoms with E-state index in [-0.39, 0.29) is 5.69 Å². The van der Waals surface area contributed by atoms with E-state index < -0.39 is 5.91 Å². The van der Waals surface area contributed by atoms with Crippen molar-refractivity contribution in [1.82, 2.24) is 15.1 Å². The number of para-hydroxylation sites is 1. The lowest BCUT2D eigenvalue weighted by Gasteiger charge is -2.36. The van der Waals surface area contributed by atoms with E-state index in [4.69, 9.17) is 8.94 Å². The minimum Gasteiger partial charge on any atom is -0.461 e. The van der Waals surface area contributed by atoms with Crippen molar-refractivity contribution < 1.29 is 13.7 Å². The number of carbonyl (C=O) groups is 1. The van der Waals surface area contributed by atoms with Gasteiger partial charge in [-0.25, -0.2) is 9.97 Å². The fraction of sp³-hybridized carbons (Fsp3) is 0.182. The number of hydrogen-bond acceptors (Lipinski definition) is 8. The van der Waals surface area contributed by atoms with Gasteiger partial charge >= 0.3 is 0 Å². The Morgan fingerprint density at radius 3 is 2.48 bits per heavy atom. The molecule has 4 aromatic rings. The zero-order valence-electron chi connectivity index (χ0n) is 16.6. The van der Waals surface area contributed by atoms with Crippen LogP contribution in [0.3, 0.4) is 0 Å². The van der Waals surface area contributed by atoms with E-state index in [2.05, 4.69) is 42.4 Å². The second-order valence-electron chi connectivity index (χ2n) is 7.08. The van der Waals surface area contributed by atoms with Gasteiger partial charge in [-0.1, -0.05) is 23.4 Å². The third-order valence-corrected chi connectivity index (χ3v) is 5.13. The van der Waals surface area contributed by atoms with Gasteiger partial charge in [0.05, 0.1) is 6.26 Å². The third kappa shape index (κ3) is 4.11. The molecule has 0 saturated carbocycles. The number of aromatic nitrogens is 3. The average molecular weight is 416 g/mol. The first-order chi connectivity index (χ1) is 15.3. The molecule has 1 fully saturated rings. The fourth-order valence-corrected chi connectivity index (χ4v) is 3.52. The molecular formula is C22H20N6O3. The standard InChI is InChI=1S/C22H20N6O3/c29-22(17-13-19(31-26-17)18-7-4-12-30-18)25-20-14-21(24-15-23-20)28-10-8-27(9-11-28)16-5-2-1-3-6-16/h1-7,12-15H,8-11H2,(H,23,24,25,29). The fourth-order valence-electron chi connectivity index (χ4n) is 3.52. The smallest absolute Gasteiger partial charge is 0.279 e. The second kappa shape index (κ2) is 8.31. The Labute approximate surface area is 178 Å². The van der Waals surface area contributed by atoms with Crippen LogP contribution in [0.4, 0.5) is 17.3 Å². The van der Waals surface area contributed by atoms with Crippen LogP contribution in [0.15, 0.2) is 76.1 Å². The van der Waals surface area contributed by atoms with Crippen molar-refractivity contribution in [1.29, 1.82) is 0 Å². The molecule has 0 aliphatic carbocycles. The van der Waals surface area contributed by atoms with E-state index in [1.54, 1.807) is 18.2 Å². The highest BCUT2D eigenvalue weighted by Gasteiger charge is 2.20. The maximum absolute atomic E-state index is 12.5. The number of rotatable bonds is 5. The predicted octanol–water partition coefficient (Wildman–Crippen LogP) is 3.30. The van der Waals surface area contributed by atoms with Gasteiger partial charge < -0.3 is 24.1 Å². The lowest BCUT2D eigenvalue weighted by atomic mass is 10.2. The van der Waals surface area contributed by atoms with Gasteiger partial charge in [-0.15, -0.1) is 0 Å². The van der Waals surface area contributed by atoms with Crippen LogP contribution < -0.4 is 15.1 Å². The summed E-state index contributed by atoms with van der Waals surface area (Å²) in [5.41, 5.74) is 1.36. The van der Waals surface area contributed by atoms with Crippen LogP contribution in [-0.4, -0.2) is 47.2 Å². The van der Waals surface area contributed by atoms with Crippen LogP contribution >= 0.6 is 0 Å². The summed E-state index contributed by atoms with van der Waals surface area (Å²) in [5.74, 6) is 1.65. The molecular weight excluding hydrogens is 396 g/mol. The van der Waals surface area contributed by atoms with Crippen LogP contribution in [-0.2, 0) is 0 Å². The SMILES string of the molecule is O=C(Nc1cc(N2CCN(c3ccccc3)CC2)ncn1)c1cc(-c2ccco2)on1. The molecule has 31 heavy (non-hydrogen) atoms. The second-order valence-corrected chi connectivity index (χ2v) is 7.08. The summed E-state index contributed by atoms with van der Waals surface area (Å²) in [5, 5.41) is 6.56. The number of nitrogens with zero attached hydrogens (tertiary/aromatic N) is 5. The molecule has 0 atom stereocenters. The first-order valence-electron chi connectivity index (χ1n) is 9.95. The number of nitrogens with one attached hydrogen (secondary N) is 1. The van der Waals surface area contributed by atoms with Crippen LogP contribution in [0.1, 0.15) is 10.5 Å². The molecule has 1 aliphatic rings. The van der Waals surface area contributed by atoms with E-state index in [0.29, 0.717) is 17.3 Å². The summed E-state index contributed by atoms with van der Waals surface area (Å²) in [6.45, 7) is 3.44. The topological polar surface area (TPSA) is 101 Å². The lowest BCUT2D eigenvalue weighted by molar-refractivity contribution is 0.101. The molecule has 0 radical (unpaired) electrons. The third-order valence-electron chi connectivity index (χ3n) is 5.13. The minimum absolute atomic E-state index is 0.142. The van der Waals surface area contributed by atoms with Crippen molar-refractivity contribution >= 4 is 23.2 Å². The molecule has 9 heteroatoms. The van der Waals surface area contributed by atoms with E-state index in [0.717, 1.165) is 32.0 Å². The van der Waals surface area contributed by atoms with Crippen LogP contribution in [0.25, 0.3) is 11.5 Å². The highest BCUT2D eigenvalue weighted by atomic mass is 16.5. The monoisotopic (exact) mass is 416 g/mol. The number of hydrogen-bond donors (Lipinski definition) is 1. The molecule has 1 N–H and O–H groups in total. The van der Waals surface area contributed by atoms with Crippen molar-refractivity contribution in [2.24, 2.45) is 0 Å². The molecule has 4 heterocycles. The number of benzene rings is 1. The van der Waals surface area contributed by atoms with Gasteiger partial charge in [0.15, 0.2) is 11.5 Å². The van der Waals surface area contributed by atoms with Crippen molar-refractivity contribution in [2.45, 2.75) is 0 Å². The first-order valence-corrected chi connectivity index (χ1v) is 9.95. The molecule has 1 saturated heterocycles. The quantitative estimate of drug-likeness (QED) is 0.529. The molecule has 0 spiro atoms. The van der Waals surface area contributed by atoms with Crippen molar-refractivity contribution in [3.05, 3.63) is 72.9 Å². The summed E-state index contributed by atoms with van der Waals surface area (Å²) in [7, 11) is 0. The zero-order valence-corrected chi connectivity index (χ0v) is 16.6. The van der Waals surface area contributed by atoms with E-state index in [9.17, 15) is 4.79 Å². The summed E-state index contributed by atoms with van der Waals surface area (Å²) < 4.78 is 10.4. The average Bonchev–Trinajstić information content (AvgIpc) is 3.52. The lowest BCUT2D eigenvalue weighted by Crippen LogP contribution is -2.46. The zero-order chi connectivity index (χ0) is 21.0. The maximum Gasteiger partial charge on any atom is 0.279 e. The number of piperazine rings is 1. The van der Waals surface area contributed by atoms with Gasteiger partial charge in [0, 0.05) is 44.0 Å². The largest absolute Gasteiger partial charge is 0.461 e. The van der Waals surface area contributed by atoms with Gasteiger partial charge in [0.25, 0.3) is 5.91 Å². The highest BCUT2D eigenvalue weighted by Crippen LogP contribution is 2.22. The van der Waals surface area contributed by atoms with Crippen molar-refractivity contribution in [2.75, 3.05) is 41.3 Å². The minimum atomic E-state index is -0.417. The van der Waals surface area contributed by atoms with Crippen LogP contribution in [0, 0.1) is 0 Å². The predicted molar refractivity (Wildman–Crippen MR) is 115 cm³/mol. The number of amides is 1. The normalized spacial score (nSPS) is 13.9. The van der Waals surface area contributed by atoms with Gasteiger partial charge in [0.2, 0.25) is 5.76 Å². The number of carbonyl (C=O) groups excluding carboxylic acids is 1. The van der Waals surface area contributed by atoms with Gasteiger partial charge in [-0.05, 0) is 24.3 Å². The molecule has 1 aliphatic heterocycles. The Bertz CT molecular complexity index is 1150. The van der Waals surface area contributed by atoms with E-state index >= 15 is 0 Å². The number of anilines is 3. The number of furan rings is 1. The van der Waals surface area contributed by atoms with Crippen molar-refractivity contribution in [3.8, 4) is 11.5 Å². The molecule has 3 aromatic heterocycles. The Hall–Kier alpha value is -4.14. The summed E-state index contributed by atoms with van der Waals surface area (Å²) in [4.78, 5) is 25.6. The highest BCUT2D eigenvalue weighted by molar-refractivity contribution is 6.02. The summed E-state index contributed by atoms with van der Waals surface area (Å²) >= 11 is 0. The molecule has 5 rings (SSSR count). The van der Waals surface area contributed by atoms with E-state index in [1.165, 1.54) is 24.3 Å².